The molecule has 1 aliphatic heterocycles. The normalized spacial score (nSPS) is 13.6. The summed E-state index contributed by atoms with van der Waals surface area (Å²) in [5.74, 6) is 0. The van der Waals surface area contributed by atoms with Crippen molar-refractivity contribution in [2.45, 2.75) is 6.42 Å². The Kier molecular flexibility index (Phi) is 1.13. The first-order chi connectivity index (χ1) is 4.86. The SMILES string of the molecule is [B]c1ccc2c(c1)N=CC2. The largest absolute Gasteiger partial charge is 0.261 e. The molecule has 1 aromatic rings. The van der Waals surface area contributed by atoms with Crippen molar-refractivity contribution in [2.24, 2.45) is 4.99 Å². The van der Waals surface area contributed by atoms with Crippen LogP contribution in [0.15, 0.2) is 23.2 Å². The summed E-state index contributed by atoms with van der Waals surface area (Å²) < 4.78 is 0. The van der Waals surface area contributed by atoms with Gasteiger partial charge in [0, 0.05) is 12.6 Å². The van der Waals surface area contributed by atoms with E-state index < -0.39 is 0 Å². The number of aliphatic imine (C=N–C) groups is 1. The maximum Gasteiger partial charge on any atom is 0.113 e. The molecule has 0 unspecified atom stereocenters. The van der Waals surface area contributed by atoms with Crippen LogP contribution in [0.1, 0.15) is 5.56 Å². The summed E-state index contributed by atoms with van der Waals surface area (Å²) in [4.78, 5) is 4.16. The summed E-state index contributed by atoms with van der Waals surface area (Å²) in [7, 11) is 5.56. The van der Waals surface area contributed by atoms with Gasteiger partial charge < -0.3 is 0 Å². The van der Waals surface area contributed by atoms with E-state index in [0.29, 0.717) is 0 Å². The predicted molar refractivity (Wildman–Crippen MR) is 43.7 cm³/mol. The molecule has 1 heterocycles. The van der Waals surface area contributed by atoms with E-state index in [-0.39, 0.29) is 0 Å². The van der Waals surface area contributed by atoms with Crippen LogP contribution in [-0.4, -0.2) is 14.1 Å². The number of hydrogen-bond donors (Lipinski definition) is 0. The quantitative estimate of drug-likeness (QED) is 0.455. The van der Waals surface area contributed by atoms with Crippen molar-refractivity contribution < 1.29 is 0 Å². The van der Waals surface area contributed by atoms with Crippen molar-refractivity contribution in [1.29, 1.82) is 0 Å². The van der Waals surface area contributed by atoms with Crippen molar-refractivity contribution in [2.75, 3.05) is 0 Å². The Hall–Kier alpha value is -1.05. The average Bonchev–Trinajstić information content (AvgIpc) is 2.33. The minimum absolute atomic E-state index is 0.790. The summed E-state index contributed by atoms with van der Waals surface area (Å²) in [5.41, 5.74) is 3.09. The summed E-state index contributed by atoms with van der Waals surface area (Å²) in [6.45, 7) is 0. The van der Waals surface area contributed by atoms with Crippen LogP contribution in [0.2, 0.25) is 0 Å². The highest BCUT2D eigenvalue weighted by Crippen LogP contribution is 2.21. The van der Waals surface area contributed by atoms with Gasteiger partial charge in [0.05, 0.1) is 5.69 Å². The summed E-state index contributed by atoms with van der Waals surface area (Å²) in [6, 6.07) is 5.84. The van der Waals surface area contributed by atoms with Crippen molar-refractivity contribution >= 4 is 25.2 Å². The highest BCUT2D eigenvalue weighted by Gasteiger charge is 2.03. The smallest absolute Gasteiger partial charge is 0.113 e. The molecule has 0 spiro atoms. The molecule has 46 valence electrons. The lowest BCUT2D eigenvalue weighted by molar-refractivity contribution is 1.42. The first-order valence-electron chi connectivity index (χ1n) is 3.27. The van der Waals surface area contributed by atoms with Gasteiger partial charge in [-0.2, -0.15) is 0 Å². The maximum absolute atomic E-state index is 5.56. The minimum atomic E-state index is 0.790. The molecule has 0 saturated carbocycles. The van der Waals surface area contributed by atoms with Gasteiger partial charge in [0.2, 0.25) is 0 Å². The van der Waals surface area contributed by atoms with E-state index in [1.165, 1.54) is 5.56 Å². The lowest BCUT2D eigenvalue weighted by Gasteiger charge is -1.96. The molecular formula is C8H6BN. The van der Waals surface area contributed by atoms with E-state index in [1.54, 1.807) is 0 Å². The van der Waals surface area contributed by atoms with Crippen molar-refractivity contribution in [3.05, 3.63) is 23.8 Å². The van der Waals surface area contributed by atoms with Crippen LogP contribution < -0.4 is 5.46 Å². The topological polar surface area (TPSA) is 12.4 Å². The highest BCUT2D eigenvalue weighted by molar-refractivity contribution is 6.32. The molecule has 1 aromatic carbocycles. The number of fused-ring (bicyclic) bond motifs is 1. The minimum Gasteiger partial charge on any atom is -0.261 e. The molecule has 2 rings (SSSR count). The zero-order chi connectivity index (χ0) is 6.97. The second-order valence-corrected chi connectivity index (χ2v) is 2.40. The van der Waals surface area contributed by atoms with Gasteiger partial charge in [0.1, 0.15) is 7.85 Å². The molecule has 0 N–H and O–H groups in total. The third-order valence-corrected chi connectivity index (χ3v) is 1.65. The Labute approximate surface area is 61.2 Å². The van der Waals surface area contributed by atoms with Crippen LogP contribution in [-0.2, 0) is 6.42 Å². The predicted octanol–water partition coefficient (Wildman–Crippen LogP) is 0.739. The molecular weight excluding hydrogens is 121 g/mol. The first-order valence-corrected chi connectivity index (χ1v) is 3.27. The van der Waals surface area contributed by atoms with E-state index in [0.717, 1.165) is 17.6 Å². The van der Waals surface area contributed by atoms with E-state index in [1.807, 2.05) is 24.4 Å². The molecule has 0 bridgehead atoms. The molecule has 0 aliphatic carbocycles. The van der Waals surface area contributed by atoms with Gasteiger partial charge in [0.15, 0.2) is 0 Å². The molecule has 0 saturated heterocycles. The molecule has 2 heteroatoms. The van der Waals surface area contributed by atoms with Crippen LogP contribution >= 0.6 is 0 Å². The van der Waals surface area contributed by atoms with Crippen LogP contribution in [0.25, 0.3) is 0 Å². The number of rotatable bonds is 0. The molecule has 2 radical (unpaired) electrons. The number of benzene rings is 1. The van der Waals surface area contributed by atoms with Gasteiger partial charge in [-0.05, 0) is 11.6 Å². The Morgan fingerprint density at radius 3 is 3.20 bits per heavy atom. The third-order valence-electron chi connectivity index (χ3n) is 1.65. The van der Waals surface area contributed by atoms with Crippen molar-refractivity contribution in [3.63, 3.8) is 0 Å². The second kappa shape index (κ2) is 1.98. The van der Waals surface area contributed by atoms with E-state index >= 15 is 0 Å². The summed E-state index contributed by atoms with van der Waals surface area (Å²) in [6.07, 6.45) is 2.86. The molecule has 1 nitrogen and oxygen atoms in total. The van der Waals surface area contributed by atoms with Crippen LogP contribution in [0, 0.1) is 0 Å². The van der Waals surface area contributed by atoms with Crippen LogP contribution in [0.4, 0.5) is 5.69 Å². The Bertz CT molecular complexity index is 291. The van der Waals surface area contributed by atoms with E-state index in [2.05, 4.69) is 4.99 Å². The maximum atomic E-state index is 5.56. The van der Waals surface area contributed by atoms with Crippen LogP contribution in [0.3, 0.4) is 0 Å². The van der Waals surface area contributed by atoms with Gasteiger partial charge >= 0.3 is 0 Å². The summed E-state index contributed by atoms with van der Waals surface area (Å²) >= 11 is 0. The van der Waals surface area contributed by atoms with Gasteiger partial charge in [-0.15, -0.1) is 0 Å². The zero-order valence-electron chi connectivity index (χ0n) is 5.54. The monoisotopic (exact) mass is 127 g/mol. The lowest BCUT2D eigenvalue weighted by atomic mass is 9.94. The lowest BCUT2D eigenvalue weighted by Crippen LogP contribution is -1.99. The van der Waals surface area contributed by atoms with Crippen molar-refractivity contribution in [1.82, 2.24) is 0 Å². The fourth-order valence-electron chi connectivity index (χ4n) is 1.12. The first kappa shape index (κ1) is 5.72. The van der Waals surface area contributed by atoms with Gasteiger partial charge in [-0.3, -0.25) is 4.99 Å². The molecule has 10 heavy (non-hydrogen) atoms. The van der Waals surface area contributed by atoms with Gasteiger partial charge in [-0.1, -0.05) is 17.6 Å². The summed E-state index contributed by atoms with van der Waals surface area (Å²) in [5, 5.41) is 0. The fourth-order valence-corrected chi connectivity index (χ4v) is 1.12. The Morgan fingerprint density at radius 2 is 2.30 bits per heavy atom. The molecule has 0 fully saturated rings. The Balaban J connectivity index is 2.60. The number of nitrogens with zero attached hydrogens (tertiary/aromatic N) is 1. The van der Waals surface area contributed by atoms with E-state index in [4.69, 9.17) is 7.85 Å². The number of hydrogen-bond acceptors (Lipinski definition) is 1. The molecule has 0 aromatic heterocycles. The molecule has 1 aliphatic rings. The van der Waals surface area contributed by atoms with Crippen LogP contribution in [0.5, 0.6) is 0 Å². The Morgan fingerprint density at radius 1 is 1.40 bits per heavy atom. The molecule has 0 atom stereocenters. The van der Waals surface area contributed by atoms with Crippen molar-refractivity contribution in [3.8, 4) is 0 Å². The standard InChI is InChI=1S/C8H6BN/c9-7-2-1-6-3-4-10-8(6)5-7/h1-2,4-5H,3H2. The average molecular weight is 127 g/mol. The highest BCUT2D eigenvalue weighted by atomic mass is 14.7. The third kappa shape index (κ3) is 0.765. The zero-order valence-corrected chi connectivity index (χ0v) is 5.54. The van der Waals surface area contributed by atoms with E-state index in [9.17, 15) is 0 Å². The van der Waals surface area contributed by atoms with Gasteiger partial charge in [0.25, 0.3) is 0 Å². The fraction of sp³-hybridized carbons (Fsp3) is 0.125. The second-order valence-electron chi connectivity index (χ2n) is 2.40. The van der Waals surface area contributed by atoms with Gasteiger partial charge in [-0.25, -0.2) is 0 Å². The molecule has 0 amide bonds.